The zero-order valence-electron chi connectivity index (χ0n) is 34.4. The van der Waals surface area contributed by atoms with Crippen LogP contribution < -0.4 is 0 Å². The molecule has 6 atom stereocenters. The molecule has 10 heteroatoms. The molecule has 0 bridgehead atoms. The minimum absolute atomic E-state index is 0.138. The van der Waals surface area contributed by atoms with Crippen LogP contribution in [0.5, 0.6) is 0 Å². The average molecular weight is 779 g/mol. The predicted molar refractivity (Wildman–Crippen MR) is 219 cm³/mol. The van der Waals surface area contributed by atoms with Crippen LogP contribution in [0, 0.1) is 0 Å². The standard InChI is InChI=1S/C45H78O10/c1-3-5-7-9-11-13-15-17-19-21-23-25-27-29-31-33-40(47)52-36-38(37-53-45-44(51)43(50)42(49)39(35-46)55-45)54-41(48)34-32-30-28-26-24-22-20-18-16-14-12-10-8-6-4-2/h11,13,17,19,23,25,28,30,38-39,42-46,49-51H,3-10,12,14-16,18,20-22,24,26-27,29,31-37H2,1-2H3/b13-11+,19-17+,25-23+,30-28+/t38-,39-,42+,43?,44?,45-/m0/s1. The van der Waals surface area contributed by atoms with E-state index in [0.29, 0.717) is 12.8 Å². The number of carbonyl (C=O) groups excluding carboxylic acids is 2. The number of allylic oxidation sites excluding steroid dienone is 8. The highest BCUT2D eigenvalue weighted by atomic mass is 16.7. The maximum Gasteiger partial charge on any atom is 0.306 e. The number of hydrogen-bond donors (Lipinski definition) is 4. The number of unbranched alkanes of at least 4 members (excludes halogenated alkanes) is 16. The molecular formula is C45H78O10. The molecule has 0 amide bonds. The van der Waals surface area contributed by atoms with Gasteiger partial charge in [-0.25, -0.2) is 0 Å². The van der Waals surface area contributed by atoms with E-state index in [4.69, 9.17) is 18.9 Å². The molecule has 0 aromatic carbocycles. The topological polar surface area (TPSA) is 152 Å². The van der Waals surface area contributed by atoms with Crippen LogP contribution in [0.4, 0.5) is 0 Å². The van der Waals surface area contributed by atoms with Gasteiger partial charge in [-0.15, -0.1) is 0 Å². The second kappa shape index (κ2) is 36.0. The van der Waals surface area contributed by atoms with E-state index < -0.39 is 55.4 Å². The molecule has 1 fully saturated rings. The van der Waals surface area contributed by atoms with E-state index >= 15 is 0 Å². The Morgan fingerprint density at radius 3 is 1.65 bits per heavy atom. The minimum Gasteiger partial charge on any atom is -0.462 e. The maximum absolute atomic E-state index is 12.7. The molecule has 318 valence electrons. The first kappa shape index (κ1) is 50.7. The van der Waals surface area contributed by atoms with Crippen molar-refractivity contribution in [2.75, 3.05) is 19.8 Å². The Morgan fingerprint density at radius 1 is 0.564 bits per heavy atom. The van der Waals surface area contributed by atoms with Crippen LogP contribution >= 0.6 is 0 Å². The molecule has 1 rings (SSSR count). The van der Waals surface area contributed by atoms with Crippen LogP contribution in [-0.2, 0) is 28.5 Å². The minimum atomic E-state index is -1.61. The molecule has 0 aromatic rings. The average Bonchev–Trinajstić information content (AvgIpc) is 3.18. The number of aliphatic hydroxyl groups excluding tert-OH is 4. The highest BCUT2D eigenvalue weighted by Gasteiger charge is 2.44. The first-order valence-corrected chi connectivity index (χ1v) is 21.7. The molecule has 1 aliphatic heterocycles. The maximum atomic E-state index is 12.7. The van der Waals surface area contributed by atoms with Gasteiger partial charge in [0.15, 0.2) is 12.4 Å². The molecule has 55 heavy (non-hydrogen) atoms. The van der Waals surface area contributed by atoms with Crippen molar-refractivity contribution < 1.29 is 49.0 Å². The Balaban J connectivity index is 2.40. The van der Waals surface area contributed by atoms with Gasteiger partial charge in [0.2, 0.25) is 0 Å². The third-order valence-electron chi connectivity index (χ3n) is 9.70. The fraction of sp³-hybridized carbons (Fsp3) is 0.778. The summed E-state index contributed by atoms with van der Waals surface area (Å²) in [5.41, 5.74) is 0. The largest absolute Gasteiger partial charge is 0.462 e. The summed E-state index contributed by atoms with van der Waals surface area (Å²) in [5, 5.41) is 40.0. The SMILES string of the molecule is CCCCC/C=C/C/C=C/C/C=C/CCCCC(=O)OC[C@@H](CO[C@H]1O[C@@H](CO)[C@@H](O)C(O)C1O)OC(=O)CC/C=C/CCCCCCCCCCCCC. The van der Waals surface area contributed by atoms with Gasteiger partial charge in [0.1, 0.15) is 31.0 Å². The number of aliphatic hydroxyl groups is 4. The van der Waals surface area contributed by atoms with Gasteiger partial charge >= 0.3 is 11.9 Å². The molecule has 2 unspecified atom stereocenters. The normalized spacial score (nSPS) is 21.0. The Kier molecular flexibility index (Phi) is 33.2. The number of hydrogen-bond acceptors (Lipinski definition) is 10. The van der Waals surface area contributed by atoms with Crippen LogP contribution in [0.25, 0.3) is 0 Å². The van der Waals surface area contributed by atoms with Crippen molar-refractivity contribution in [1.82, 2.24) is 0 Å². The highest BCUT2D eigenvalue weighted by molar-refractivity contribution is 5.70. The zero-order chi connectivity index (χ0) is 40.2. The Hall–Kier alpha value is -2.34. The first-order valence-electron chi connectivity index (χ1n) is 21.7. The third kappa shape index (κ3) is 27.8. The number of esters is 2. The van der Waals surface area contributed by atoms with Crippen LogP contribution in [0.2, 0.25) is 0 Å². The van der Waals surface area contributed by atoms with E-state index in [1.807, 2.05) is 6.08 Å². The molecule has 1 heterocycles. The van der Waals surface area contributed by atoms with Crippen molar-refractivity contribution in [3.05, 3.63) is 48.6 Å². The smallest absolute Gasteiger partial charge is 0.306 e. The van der Waals surface area contributed by atoms with Gasteiger partial charge in [-0.3, -0.25) is 9.59 Å². The van der Waals surface area contributed by atoms with Gasteiger partial charge in [0, 0.05) is 12.8 Å². The lowest BCUT2D eigenvalue weighted by Gasteiger charge is -2.39. The van der Waals surface area contributed by atoms with Crippen LogP contribution in [0.15, 0.2) is 48.6 Å². The summed E-state index contributed by atoms with van der Waals surface area (Å²) in [7, 11) is 0. The molecule has 1 saturated heterocycles. The molecule has 0 saturated carbocycles. The molecule has 1 aliphatic rings. The zero-order valence-corrected chi connectivity index (χ0v) is 34.4. The third-order valence-corrected chi connectivity index (χ3v) is 9.70. The molecule has 0 radical (unpaired) electrons. The monoisotopic (exact) mass is 779 g/mol. The fourth-order valence-electron chi connectivity index (χ4n) is 6.21. The van der Waals surface area contributed by atoms with Gasteiger partial charge in [-0.2, -0.15) is 0 Å². The van der Waals surface area contributed by atoms with E-state index in [1.54, 1.807) is 0 Å². The fourth-order valence-corrected chi connectivity index (χ4v) is 6.21. The van der Waals surface area contributed by atoms with Gasteiger partial charge in [-0.1, -0.05) is 140 Å². The Bertz CT molecular complexity index is 1040. The summed E-state index contributed by atoms with van der Waals surface area (Å²) in [6.07, 6.45) is 34.2. The summed E-state index contributed by atoms with van der Waals surface area (Å²) in [5.74, 6) is -0.910. The van der Waals surface area contributed by atoms with Gasteiger partial charge in [0.25, 0.3) is 0 Å². The molecule has 10 nitrogen and oxygen atoms in total. The second-order valence-electron chi connectivity index (χ2n) is 14.8. The van der Waals surface area contributed by atoms with Crippen molar-refractivity contribution in [1.29, 1.82) is 0 Å². The summed E-state index contributed by atoms with van der Waals surface area (Å²) in [6, 6.07) is 0. The summed E-state index contributed by atoms with van der Waals surface area (Å²) < 4.78 is 22.0. The van der Waals surface area contributed by atoms with Gasteiger partial charge in [-0.05, 0) is 64.2 Å². The lowest BCUT2D eigenvalue weighted by Crippen LogP contribution is -2.59. The first-order chi connectivity index (χ1) is 26.8. The van der Waals surface area contributed by atoms with E-state index in [1.165, 1.54) is 83.5 Å². The predicted octanol–water partition coefficient (Wildman–Crippen LogP) is 8.88. The van der Waals surface area contributed by atoms with Crippen molar-refractivity contribution in [2.24, 2.45) is 0 Å². The summed E-state index contributed by atoms with van der Waals surface area (Å²) >= 11 is 0. The van der Waals surface area contributed by atoms with E-state index in [0.717, 1.165) is 44.9 Å². The van der Waals surface area contributed by atoms with E-state index in [9.17, 15) is 30.0 Å². The van der Waals surface area contributed by atoms with Crippen molar-refractivity contribution in [3.63, 3.8) is 0 Å². The van der Waals surface area contributed by atoms with E-state index in [-0.39, 0.29) is 26.1 Å². The molecule has 0 aliphatic carbocycles. The number of ether oxygens (including phenoxy) is 4. The van der Waals surface area contributed by atoms with Crippen molar-refractivity contribution in [3.8, 4) is 0 Å². The van der Waals surface area contributed by atoms with Gasteiger partial charge in [0.05, 0.1) is 13.2 Å². The lowest BCUT2D eigenvalue weighted by molar-refractivity contribution is -0.305. The quantitative estimate of drug-likeness (QED) is 0.0279. The van der Waals surface area contributed by atoms with Crippen LogP contribution in [0.1, 0.15) is 168 Å². The lowest BCUT2D eigenvalue weighted by atomic mass is 9.99. The number of carbonyl (C=O) groups is 2. The molecule has 4 N–H and O–H groups in total. The Morgan fingerprint density at radius 2 is 1.05 bits per heavy atom. The van der Waals surface area contributed by atoms with Crippen LogP contribution in [-0.4, -0.2) is 89.0 Å². The Labute approximate surface area is 333 Å². The van der Waals surface area contributed by atoms with Crippen LogP contribution in [0.3, 0.4) is 0 Å². The van der Waals surface area contributed by atoms with Gasteiger partial charge < -0.3 is 39.4 Å². The highest BCUT2D eigenvalue weighted by Crippen LogP contribution is 2.22. The summed E-state index contributed by atoms with van der Waals surface area (Å²) in [4.78, 5) is 25.2. The van der Waals surface area contributed by atoms with Crippen molar-refractivity contribution in [2.45, 2.75) is 205 Å². The number of rotatable bonds is 35. The molecule has 0 spiro atoms. The summed E-state index contributed by atoms with van der Waals surface area (Å²) in [6.45, 7) is 3.31. The van der Waals surface area contributed by atoms with E-state index in [2.05, 4.69) is 56.4 Å². The molecule has 0 aromatic heterocycles. The van der Waals surface area contributed by atoms with Crippen molar-refractivity contribution >= 4 is 11.9 Å². The molecular weight excluding hydrogens is 700 g/mol. The second-order valence-corrected chi connectivity index (χ2v) is 14.8.